The van der Waals surface area contributed by atoms with E-state index in [0.29, 0.717) is 6.42 Å². The van der Waals surface area contributed by atoms with Gasteiger partial charge in [-0.15, -0.1) is 0 Å². The Morgan fingerprint density at radius 1 is 1.42 bits per heavy atom. The second-order valence-electron chi connectivity index (χ2n) is 5.62. The lowest BCUT2D eigenvalue weighted by atomic mass is 10.2. The summed E-state index contributed by atoms with van der Waals surface area (Å²) in [7, 11) is 0. The lowest BCUT2D eigenvalue weighted by Gasteiger charge is -2.19. The van der Waals surface area contributed by atoms with Crippen molar-refractivity contribution in [1.82, 2.24) is 16.0 Å². The minimum Gasteiger partial charge on any atom is -0.444 e. The molecule has 0 bridgehead atoms. The van der Waals surface area contributed by atoms with Crippen LogP contribution in [0.2, 0.25) is 0 Å². The summed E-state index contributed by atoms with van der Waals surface area (Å²) >= 11 is 0. The van der Waals surface area contributed by atoms with E-state index >= 15 is 0 Å². The fraction of sp³-hybridized carbons (Fsp3) is 0.750. The summed E-state index contributed by atoms with van der Waals surface area (Å²) < 4.78 is 4.99. The zero-order valence-electron chi connectivity index (χ0n) is 11.7. The van der Waals surface area contributed by atoms with Crippen LogP contribution in [0.25, 0.3) is 0 Å². The van der Waals surface area contributed by atoms with E-state index in [-0.39, 0.29) is 18.5 Å². The Labute approximate surface area is 112 Å². The van der Waals surface area contributed by atoms with Gasteiger partial charge >= 0.3 is 6.09 Å². The molecule has 3 amide bonds. The molecular formula is C12H21N3O4. The predicted octanol–water partition coefficient (Wildman–Crippen LogP) is -0.0957. The predicted molar refractivity (Wildman–Crippen MR) is 68.4 cm³/mol. The largest absolute Gasteiger partial charge is 0.444 e. The maximum atomic E-state index is 11.6. The first-order valence-electron chi connectivity index (χ1n) is 6.24. The Morgan fingerprint density at radius 2 is 2.05 bits per heavy atom. The maximum absolute atomic E-state index is 11.6. The van der Waals surface area contributed by atoms with E-state index in [1.54, 1.807) is 20.8 Å². The summed E-state index contributed by atoms with van der Waals surface area (Å²) in [4.78, 5) is 34.3. The van der Waals surface area contributed by atoms with Crippen LogP contribution in [0.1, 0.15) is 34.1 Å². The van der Waals surface area contributed by atoms with Crippen LogP contribution in [0, 0.1) is 0 Å². The van der Waals surface area contributed by atoms with Crippen LogP contribution in [-0.4, -0.2) is 42.1 Å². The second kappa shape index (κ2) is 5.90. The molecular weight excluding hydrogens is 250 g/mol. The number of carbonyl (C=O) groups is 3. The summed E-state index contributed by atoms with van der Waals surface area (Å²) in [5.41, 5.74) is -0.610. The number of hydrogen-bond acceptors (Lipinski definition) is 4. The molecule has 3 N–H and O–H groups in total. The normalized spacial score (nSPS) is 22.6. The fourth-order valence-electron chi connectivity index (χ4n) is 1.70. The zero-order chi connectivity index (χ0) is 14.6. The highest BCUT2D eigenvalue weighted by Crippen LogP contribution is 2.07. The Balaban J connectivity index is 2.29. The quantitative estimate of drug-likeness (QED) is 0.668. The molecule has 0 aromatic carbocycles. The molecule has 0 saturated carbocycles. The topological polar surface area (TPSA) is 96.5 Å². The van der Waals surface area contributed by atoms with E-state index in [0.717, 1.165) is 0 Å². The molecule has 0 aromatic rings. The maximum Gasteiger partial charge on any atom is 0.408 e. The van der Waals surface area contributed by atoms with Crippen molar-refractivity contribution in [2.24, 2.45) is 0 Å². The summed E-state index contributed by atoms with van der Waals surface area (Å²) in [6, 6.07) is -0.473. The zero-order valence-corrected chi connectivity index (χ0v) is 11.7. The summed E-state index contributed by atoms with van der Waals surface area (Å²) in [6.45, 7) is 6.85. The highest BCUT2D eigenvalue weighted by atomic mass is 16.6. The molecule has 0 spiro atoms. The minimum absolute atomic E-state index is 0.0524. The van der Waals surface area contributed by atoms with E-state index in [1.165, 1.54) is 0 Å². The summed E-state index contributed by atoms with van der Waals surface area (Å²) in [6.07, 6.45) is -0.108. The van der Waals surface area contributed by atoms with Gasteiger partial charge < -0.3 is 20.7 Å². The number of amides is 3. The molecule has 1 heterocycles. The van der Waals surface area contributed by atoms with Gasteiger partial charge in [-0.25, -0.2) is 4.79 Å². The van der Waals surface area contributed by atoms with E-state index in [2.05, 4.69) is 16.0 Å². The van der Waals surface area contributed by atoms with Crippen LogP contribution in [0.3, 0.4) is 0 Å². The van der Waals surface area contributed by atoms with Gasteiger partial charge in [-0.2, -0.15) is 0 Å². The Kier molecular flexibility index (Phi) is 4.74. The highest BCUT2D eigenvalue weighted by Gasteiger charge is 2.30. The number of nitrogens with one attached hydrogen (secondary N) is 3. The average molecular weight is 271 g/mol. The van der Waals surface area contributed by atoms with Gasteiger partial charge in [-0.1, -0.05) is 0 Å². The van der Waals surface area contributed by atoms with Gasteiger partial charge in [0, 0.05) is 6.04 Å². The molecule has 1 rings (SSSR count). The number of rotatable bonds is 3. The van der Waals surface area contributed by atoms with Crippen molar-refractivity contribution >= 4 is 17.9 Å². The van der Waals surface area contributed by atoms with Crippen molar-refractivity contribution in [2.45, 2.75) is 51.8 Å². The Morgan fingerprint density at radius 3 is 2.53 bits per heavy atom. The van der Waals surface area contributed by atoms with Crippen molar-refractivity contribution in [3.8, 4) is 0 Å². The second-order valence-corrected chi connectivity index (χ2v) is 5.62. The van der Waals surface area contributed by atoms with Gasteiger partial charge in [-0.3, -0.25) is 9.59 Å². The smallest absolute Gasteiger partial charge is 0.408 e. The molecule has 1 aliphatic heterocycles. The molecule has 1 aliphatic rings. The lowest BCUT2D eigenvalue weighted by Crippen LogP contribution is -2.45. The molecule has 7 heteroatoms. The van der Waals surface area contributed by atoms with Crippen LogP contribution in [0.4, 0.5) is 4.79 Å². The van der Waals surface area contributed by atoms with Crippen molar-refractivity contribution in [1.29, 1.82) is 0 Å². The molecule has 7 nitrogen and oxygen atoms in total. The van der Waals surface area contributed by atoms with E-state index in [1.807, 2.05) is 6.92 Å². The number of alkyl carbamates (subject to hydrolysis) is 1. The summed E-state index contributed by atoms with van der Waals surface area (Å²) in [5.74, 6) is -0.613. The van der Waals surface area contributed by atoms with Crippen molar-refractivity contribution in [3.05, 3.63) is 0 Å². The number of ether oxygens (including phenoxy) is 1. The third-order valence-electron chi connectivity index (χ3n) is 2.42. The van der Waals surface area contributed by atoms with Gasteiger partial charge in [0.2, 0.25) is 11.8 Å². The third-order valence-corrected chi connectivity index (χ3v) is 2.42. The lowest BCUT2D eigenvalue weighted by molar-refractivity contribution is -0.126. The van der Waals surface area contributed by atoms with Crippen LogP contribution in [-0.2, 0) is 14.3 Å². The van der Waals surface area contributed by atoms with Crippen molar-refractivity contribution < 1.29 is 19.1 Å². The van der Waals surface area contributed by atoms with Gasteiger partial charge in [-0.05, 0) is 34.1 Å². The third kappa shape index (κ3) is 5.58. The van der Waals surface area contributed by atoms with Crippen molar-refractivity contribution in [2.75, 3.05) is 6.54 Å². The van der Waals surface area contributed by atoms with E-state index in [4.69, 9.17) is 4.74 Å². The SMILES string of the molecule is CC1C[C@H](NC(=O)CNC(=O)OC(C)(C)C)C(=O)N1. The molecule has 0 radical (unpaired) electrons. The molecule has 1 fully saturated rings. The molecule has 1 saturated heterocycles. The molecule has 108 valence electrons. The van der Waals surface area contributed by atoms with Gasteiger partial charge in [0.1, 0.15) is 18.2 Å². The van der Waals surface area contributed by atoms with Crippen LogP contribution >= 0.6 is 0 Å². The van der Waals surface area contributed by atoms with Crippen LogP contribution < -0.4 is 16.0 Å². The molecule has 2 atom stereocenters. The molecule has 1 unspecified atom stereocenters. The van der Waals surface area contributed by atoms with E-state index in [9.17, 15) is 14.4 Å². The first kappa shape index (κ1) is 15.3. The first-order chi connectivity index (χ1) is 8.67. The monoisotopic (exact) mass is 271 g/mol. The molecule has 0 aromatic heterocycles. The number of carbonyl (C=O) groups excluding carboxylic acids is 3. The molecule has 0 aliphatic carbocycles. The first-order valence-corrected chi connectivity index (χ1v) is 6.24. The number of hydrogen-bond donors (Lipinski definition) is 3. The standard InChI is InChI=1S/C12H21N3O4/c1-7-5-8(10(17)14-7)15-9(16)6-13-11(18)19-12(2,3)4/h7-8H,5-6H2,1-4H3,(H,13,18)(H,14,17)(H,15,16)/t7?,8-/m0/s1. The van der Waals surface area contributed by atoms with Gasteiger partial charge in [0.15, 0.2) is 0 Å². The van der Waals surface area contributed by atoms with Gasteiger partial charge in [0.05, 0.1) is 0 Å². The Hall–Kier alpha value is -1.79. The van der Waals surface area contributed by atoms with Gasteiger partial charge in [0.25, 0.3) is 0 Å². The van der Waals surface area contributed by atoms with Crippen molar-refractivity contribution in [3.63, 3.8) is 0 Å². The average Bonchev–Trinajstić information content (AvgIpc) is 2.52. The van der Waals surface area contributed by atoms with E-state index < -0.39 is 23.6 Å². The van der Waals surface area contributed by atoms with Crippen LogP contribution in [0.15, 0.2) is 0 Å². The Bertz CT molecular complexity index is 376. The van der Waals surface area contributed by atoms with Crippen LogP contribution in [0.5, 0.6) is 0 Å². The summed E-state index contributed by atoms with van der Waals surface area (Å²) in [5, 5.41) is 7.59. The fourth-order valence-corrected chi connectivity index (χ4v) is 1.70. The molecule has 19 heavy (non-hydrogen) atoms. The highest BCUT2D eigenvalue weighted by molar-refractivity contribution is 5.90. The minimum atomic E-state index is -0.660.